The van der Waals surface area contributed by atoms with E-state index in [0.717, 1.165) is 39.0 Å². The Morgan fingerprint density at radius 3 is 2.83 bits per heavy atom. The van der Waals surface area contributed by atoms with Crippen LogP contribution in [0.2, 0.25) is 0 Å². The largest absolute Gasteiger partial charge is 0.368 e. The van der Waals surface area contributed by atoms with Gasteiger partial charge >= 0.3 is 0 Å². The van der Waals surface area contributed by atoms with Gasteiger partial charge in [-0.2, -0.15) is 0 Å². The van der Waals surface area contributed by atoms with Gasteiger partial charge in [0.15, 0.2) is 5.13 Å². The molecule has 1 aromatic carbocycles. The highest BCUT2D eigenvalue weighted by molar-refractivity contribution is 7.15. The fraction of sp³-hybridized carbons (Fsp3) is 0.423. The first-order valence-corrected chi connectivity index (χ1v) is 13.1. The molecule has 36 heavy (non-hydrogen) atoms. The number of morpholine rings is 1. The third-order valence-corrected chi connectivity index (χ3v) is 6.91. The number of anilines is 2. The lowest BCUT2D eigenvalue weighted by molar-refractivity contribution is -0.139. The Kier molecular flexibility index (Phi) is 6.97. The number of benzene rings is 1. The summed E-state index contributed by atoms with van der Waals surface area (Å²) < 4.78 is 8.11. The smallest absolute Gasteiger partial charge is 0.242 e. The van der Waals surface area contributed by atoms with E-state index in [1.165, 1.54) is 0 Å². The van der Waals surface area contributed by atoms with Crippen molar-refractivity contribution < 1.29 is 9.53 Å². The molecule has 1 aliphatic rings. The summed E-state index contributed by atoms with van der Waals surface area (Å²) in [6, 6.07) is 9.89. The summed E-state index contributed by atoms with van der Waals surface area (Å²) in [5.74, 6) is 2.75. The topological polar surface area (TPSA) is 98.1 Å². The number of aryl methyl sites for hydroxylation is 2. The molecule has 1 saturated heterocycles. The summed E-state index contributed by atoms with van der Waals surface area (Å²) in [6.07, 6.45) is 2.33. The van der Waals surface area contributed by atoms with Gasteiger partial charge < -0.3 is 19.5 Å². The zero-order chi connectivity index (χ0) is 25.2. The van der Waals surface area contributed by atoms with E-state index in [-0.39, 0.29) is 18.6 Å². The van der Waals surface area contributed by atoms with Crippen molar-refractivity contribution in [3.63, 3.8) is 0 Å². The number of hydrogen-bond donors (Lipinski definition) is 1. The van der Waals surface area contributed by atoms with E-state index < -0.39 is 0 Å². The van der Waals surface area contributed by atoms with E-state index in [9.17, 15) is 4.79 Å². The van der Waals surface area contributed by atoms with Gasteiger partial charge in [0, 0.05) is 30.1 Å². The normalized spacial score (nSPS) is 16.1. The van der Waals surface area contributed by atoms with Crippen LogP contribution in [-0.4, -0.2) is 55.0 Å². The van der Waals surface area contributed by atoms with Crippen LogP contribution in [0.3, 0.4) is 0 Å². The quantitative estimate of drug-likeness (QED) is 0.396. The zero-order valence-corrected chi connectivity index (χ0v) is 21.9. The second-order valence-electron chi connectivity index (χ2n) is 9.53. The van der Waals surface area contributed by atoms with Crippen molar-refractivity contribution in [2.75, 3.05) is 25.0 Å². The number of carbonyl (C=O) groups excluding carboxylic acids is 1. The second-order valence-corrected chi connectivity index (χ2v) is 10.8. The molecule has 1 fully saturated rings. The summed E-state index contributed by atoms with van der Waals surface area (Å²) >= 11 is 1.57. The molecule has 0 bridgehead atoms. The molecule has 0 aliphatic carbocycles. The Balaban J connectivity index is 1.33. The van der Waals surface area contributed by atoms with Gasteiger partial charge in [-0.3, -0.25) is 4.79 Å². The van der Waals surface area contributed by atoms with Gasteiger partial charge in [0.2, 0.25) is 5.91 Å². The number of fused-ring (bicyclic) bond motifs is 1. The number of thiazole rings is 1. The highest BCUT2D eigenvalue weighted by atomic mass is 32.1. The molecule has 188 valence electrons. The first-order valence-electron chi connectivity index (χ1n) is 12.2. The molecule has 0 saturated carbocycles. The molecule has 1 amide bonds. The minimum atomic E-state index is -0.322. The molecule has 1 atom stereocenters. The van der Waals surface area contributed by atoms with E-state index in [4.69, 9.17) is 9.72 Å². The van der Waals surface area contributed by atoms with Gasteiger partial charge in [0.05, 0.1) is 29.9 Å². The first-order chi connectivity index (χ1) is 17.4. The van der Waals surface area contributed by atoms with Crippen molar-refractivity contribution in [3.05, 3.63) is 58.7 Å². The molecule has 1 N–H and O–H groups in total. The highest BCUT2D eigenvalue weighted by Crippen LogP contribution is 2.26. The van der Waals surface area contributed by atoms with Crippen molar-refractivity contribution in [3.8, 4) is 0 Å². The molecular formula is C26H31N7O2S. The predicted molar refractivity (Wildman–Crippen MR) is 140 cm³/mol. The Morgan fingerprint density at radius 1 is 1.22 bits per heavy atom. The molecule has 0 unspecified atom stereocenters. The van der Waals surface area contributed by atoms with Gasteiger partial charge in [0.25, 0.3) is 0 Å². The molecule has 4 heterocycles. The number of aromatic nitrogens is 5. The van der Waals surface area contributed by atoms with Crippen molar-refractivity contribution in [2.45, 2.75) is 46.8 Å². The van der Waals surface area contributed by atoms with Crippen molar-refractivity contribution in [2.24, 2.45) is 5.92 Å². The maximum absolute atomic E-state index is 13.5. The number of carbonyl (C=O) groups is 1. The Morgan fingerprint density at radius 2 is 2.06 bits per heavy atom. The molecule has 9 nitrogen and oxygen atoms in total. The van der Waals surface area contributed by atoms with Gasteiger partial charge in [-0.05, 0) is 31.9 Å². The number of ether oxygens (including phenoxy) is 1. The zero-order valence-electron chi connectivity index (χ0n) is 21.1. The lowest BCUT2D eigenvalue weighted by Gasteiger charge is -2.33. The van der Waals surface area contributed by atoms with Gasteiger partial charge in [0.1, 0.15) is 30.1 Å². The summed E-state index contributed by atoms with van der Waals surface area (Å²) in [6.45, 7) is 9.91. The summed E-state index contributed by atoms with van der Waals surface area (Å²) in [4.78, 5) is 34.7. The number of amides is 1. The number of nitrogens with one attached hydrogen (secondary N) is 1. The minimum absolute atomic E-state index is 0.0545. The van der Waals surface area contributed by atoms with Crippen LogP contribution in [0.5, 0.6) is 0 Å². The Hall–Kier alpha value is -3.37. The van der Waals surface area contributed by atoms with Crippen LogP contribution in [0.15, 0.2) is 36.5 Å². The van der Waals surface area contributed by atoms with E-state index >= 15 is 0 Å². The molecule has 0 spiro atoms. The molecule has 0 radical (unpaired) electrons. The third-order valence-electron chi connectivity index (χ3n) is 6.08. The average Bonchev–Trinajstić information content (AvgIpc) is 3.41. The standard InChI is InChI=1S/C26H31N7O2S/c1-16(2)11-24-30-19-7-5-6-8-21(19)33(24)15-25(34)32-9-10-35-22(14-32)20-12-23(29-18(4)28-20)31-26-27-13-17(3)36-26/h5-8,12-13,16,22H,9-11,14-15H2,1-4H3,(H,27,28,29,31)/t22-/m1/s1. The SMILES string of the molecule is Cc1nc(Nc2ncc(C)s2)cc([C@H]2CN(C(=O)Cn3c(CC(C)C)nc4ccccc43)CCO2)n1. The number of rotatable bonds is 7. The van der Waals surface area contributed by atoms with E-state index in [1.807, 2.05) is 55.3 Å². The Bertz CT molecular complexity index is 1380. The van der Waals surface area contributed by atoms with E-state index in [2.05, 4.69) is 38.7 Å². The molecule has 4 aromatic rings. The van der Waals surface area contributed by atoms with E-state index in [1.54, 1.807) is 11.3 Å². The molecular weight excluding hydrogens is 474 g/mol. The minimum Gasteiger partial charge on any atom is -0.368 e. The molecule has 1 aliphatic heterocycles. The average molecular weight is 506 g/mol. The van der Waals surface area contributed by atoms with Gasteiger partial charge in [-0.15, -0.1) is 11.3 Å². The summed E-state index contributed by atoms with van der Waals surface area (Å²) in [7, 11) is 0. The molecule has 10 heteroatoms. The maximum Gasteiger partial charge on any atom is 0.242 e. The summed E-state index contributed by atoms with van der Waals surface area (Å²) in [5, 5.41) is 4.04. The monoisotopic (exact) mass is 505 g/mol. The lowest BCUT2D eigenvalue weighted by Crippen LogP contribution is -2.44. The van der Waals surface area contributed by atoms with Crippen LogP contribution in [0.4, 0.5) is 10.9 Å². The van der Waals surface area contributed by atoms with Gasteiger partial charge in [-0.25, -0.2) is 19.9 Å². The fourth-order valence-electron chi connectivity index (χ4n) is 4.45. The van der Waals surface area contributed by atoms with Crippen LogP contribution in [0, 0.1) is 19.8 Å². The maximum atomic E-state index is 13.5. The van der Waals surface area contributed by atoms with Crippen LogP contribution >= 0.6 is 11.3 Å². The van der Waals surface area contributed by atoms with Crippen molar-refractivity contribution in [1.82, 2.24) is 29.4 Å². The van der Waals surface area contributed by atoms with Crippen molar-refractivity contribution in [1.29, 1.82) is 0 Å². The van der Waals surface area contributed by atoms with Crippen LogP contribution in [0.1, 0.15) is 42.2 Å². The number of hydrogen-bond acceptors (Lipinski definition) is 8. The van der Waals surface area contributed by atoms with Crippen LogP contribution in [-0.2, 0) is 22.5 Å². The number of imidazole rings is 1. The highest BCUT2D eigenvalue weighted by Gasteiger charge is 2.28. The predicted octanol–water partition coefficient (Wildman–Crippen LogP) is 4.44. The summed E-state index contributed by atoms with van der Waals surface area (Å²) in [5.41, 5.74) is 2.67. The van der Waals surface area contributed by atoms with E-state index in [0.29, 0.717) is 37.3 Å². The first kappa shape index (κ1) is 24.3. The van der Waals surface area contributed by atoms with Crippen LogP contribution in [0.25, 0.3) is 11.0 Å². The number of para-hydroxylation sites is 2. The van der Waals surface area contributed by atoms with Gasteiger partial charge in [-0.1, -0.05) is 26.0 Å². The molecule has 3 aromatic heterocycles. The lowest BCUT2D eigenvalue weighted by atomic mass is 10.1. The van der Waals surface area contributed by atoms with Crippen molar-refractivity contribution >= 4 is 39.2 Å². The fourth-order valence-corrected chi connectivity index (χ4v) is 5.13. The number of nitrogens with zero attached hydrogens (tertiary/aromatic N) is 6. The second kappa shape index (κ2) is 10.3. The third kappa shape index (κ3) is 5.39. The van der Waals surface area contributed by atoms with Crippen LogP contribution < -0.4 is 5.32 Å². The Labute approximate surface area is 214 Å². The molecule has 5 rings (SSSR count).